The van der Waals surface area contributed by atoms with E-state index in [1.54, 1.807) is 6.07 Å². The molecule has 1 heterocycles. The summed E-state index contributed by atoms with van der Waals surface area (Å²) >= 11 is 11.2. The molecule has 0 saturated carbocycles. The molecular formula is C13H8BrClINO2. The molecule has 0 atom stereocenters. The van der Waals surface area contributed by atoms with Gasteiger partial charge in [0, 0.05) is 16.6 Å². The van der Waals surface area contributed by atoms with Crippen LogP contribution in [0.3, 0.4) is 0 Å². The first-order valence-corrected chi connectivity index (χ1v) is 7.46. The molecule has 0 aliphatic carbocycles. The third-order valence-electron chi connectivity index (χ3n) is 2.63. The Morgan fingerprint density at radius 1 is 1.32 bits per heavy atom. The van der Waals surface area contributed by atoms with E-state index < -0.39 is 0 Å². The number of hydrogen-bond acceptors (Lipinski definition) is 2. The third kappa shape index (κ3) is 3.27. The predicted octanol–water partition coefficient (Wildman–Crippen LogP) is 3.87. The Hall–Kier alpha value is -0.660. The maximum atomic E-state index is 11.9. The number of carbonyl (C=O) groups excluding carboxylic acids is 1. The van der Waals surface area contributed by atoms with Gasteiger partial charge in [0.25, 0.3) is 5.56 Å². The van der Waals surface area contributed by atoms with Gasteiger partial charge in [-0.3, -0.25) is 12.4 Å². The van der Waals surface area contributed by atoms with Crippen molar-refractivity contribution in [3.63, 3.8) is 0 Å². The van der Waals surface area contributed by atoms with Crippen LogP contribution in [0.2, 0.25) is 5.02 Å². The number of rotatable bonds is 3. The second-order valence-corrected chi connectivity index (χ2v) is 6.19. The van der Waals surface area contributed by atoms with Crippen molar-refractivity contribution in [1.82, 2.24) is 2.78 Å². The van der Waals surface area contributed by atoms with Crippen molar-refractivity contribution < 1.29 is 4.79 Å². The lowest BCUT2D eigenvalue weighted by Gasteiger charge is -2.08. The first-order chi connectivity index (χ1) is 9.02. The number of carbonyl (C=O) groups is 1. The fourth-order valence-corrected chi connectivity index (χ4v) is 2.74. The SMILES string of the molecule is O=Cc1c(Cl)cc(Cc2ccc(Br)cc2)n(I)c1=O. The molecule has 0 amide bonds. The Balaban J connectivity index is 2.44. The summed E-state index contributed by atoms with van der Waals surface area (Å²) in [6.45, 7) is 0. The van der Waals surface area contributed by atoms with E-state index >= 15 is 0 Å². The highest BCUT2D eigenvalue weighted by atomic mass is 127. The molecule has 19 heavy (non-hydrogen) atoms. The molecule has 0 unspecified atom stereocenters. The van der Waals surface area contributed by atoms with Gasteiger partial charge < -0.3 is 0 Å². The Labute approximate surface area is 137 Å². The maximum absolute atomic E-state index is 11.9. The molecule has 1 aromatic heterocycles. The summed E-state index contributed by atoms with van der Waals surface area (Å²) in [5, 5.41) is 0.194. The topological polar surface area (TPSA) is 39.1 Å². The van der Waals surface area contributed by atoms with Crippen LogP contribution in [0.25, 0.3) is 0 Å². The number of nitrogens with zero attached hydrogens (tertiary/aromatic N) is 1. The van der Waals surface area contributed by atoms with Crippen molar-refractivity contribution in [2.45, 2.75) is 6.42 Å². The monoisotopic (exact) mass is 451 g/mol. The Morgan fingerprint density at radius 3 is 2.53 bits per heavy atom. The van der Waals surface area contributed by atoms with Crippen LogP contribution in [-0.2, 0) is 6.42 Å². The van der Waals surface area contributed by atoms with Gasteiger partial charge in [0.15, 0.2) is 6.29 Å². The van der Waals surface area contributed by atoms with Crippen molar-refractivity contribution >= 4 is 56.7 Å². The second-order valence-electron chi connectivity index (χ2n) is 3.90. The summed E-state index contributed by atoms with van der Waals surface area (Å²) in [6, 6.07) is 9.46. The highest BCUT2D eigenvalue weighted by Gasteiger charge is 2.12. The number of halogens is 3. The molecule has 0 fully saturated rings. The Kier molecular flexibility index (Phi) is 4.81. The van der Waals surface area contributed by atoms with Gasteiger partial charge in [-0.25, -0.2) is 0 Å². The first kappa shape index (κ1) is 14.7. The number of aldehydes is 1. The third-order valence-corrected chi connectivity index (χ3v) is 4.53. The predicted molar refractivity (Wildman–Crippen MR) is 87.5 cm³/mol. The van der Waals surface area contributed by atoms with Crippen LogP contribution < -0.4 is 5.56 Å². The standard InChI is InChI=1S/C13H8BrClINO2/c14-9-3-1-8(2-4-9)5-10-6-12(15)11(7-18)13(19)17(10)16/h1-4,6-7H,5H2. The lowest BCUT2D eigenvalue weighted by atomic mass is 10.1. The molecule has 0 spiro atoms. The quantitative estimate of drug-likeness (QED) is 0.524. The van der Waals surface area contributed by atoms with Gasteiger partial charge in [0.05, 0.1) is 33.5 Å². The molecule has 3 nitrogen and oxygen atoms in total. The molecule has 6 heteroatoms. The number of benzene rings is 1. The molecule has 2 rings (SSSR count). The minimum absolute atomic E-state index is 0.00405. The van der Waals surface area contributed by atoms with Crippen molar-refractivity contribution in [2.24, 2.45) is 0 Å². The van der Waals surface area contributed by atoms with Crippen molar-refractivity contribution in [3.05, 3.63) is 67.0 Å². The fourth-order valence-electron chi connectivity index (χ4n) is 1.66. The highest BCUT2D eigenvalue weighted by Crippen LogP contribution is 2.18. The van der Waals surface area contributed by atoms with Crippen LogP contribution in [0.5, 0.6) is 0 Å². The minimum atomic E-state index is -0.379. The van der Waals surface area contributed by atoms with Gasteiger partial charge >= 0.3 is 0 Å². The van der Waals surface area contributed by atoms with E-state index in [4.69, 9.17) is 11.6 Å². The molecule has 0 saturated heterocycles. The van der Waals surface area contributed by atoms with E-state index in [9.17, 15) is 9.59 Å². The fraction of sp³-hybridized carbons (Fsp3) is 0.0769. The van der Waals surface area contributed by atoms with E-state index in [1.165, 1.54) is 2.78 Å². The van der Waals surface area contributed by atoms with Gasteiger partial charge in [-0.15, -0.1) is 0 Å². The number of pyridine rings is 1. The zero-order valence-corrected chi connectivity index (χ0v) is 14.1. The summed E-state index contributed by atoms with van der Waals surface area (Å²) in [5.74, 6) is 0. The van der Waals surface area contributed by atoms with E-state index in [0.29, 0.717) is 12.7 Å². The molecule has 98 valence electrons. The van der Waals surface area contributed by atoms with Crippen LogP contribution in [-0.4, -0.2) is 9.07 Å². The van der Waals surface area contributed by atoms with Gasteiger partial charge in [-0.05, 0) is 23.8 Å². The average molecular weight is 452 g/mol. The normalized spacial score (nSPS) is 10.5. The van der Waals surface area contributed by atoms with Crippen LogP contribution in [0, 0.1) is 0 Å². The van der Waals surface area contributed by atoms with E-state index in [1.807, 2.05) is 47.1 Å². The summed E-state index contributed by atoms with van der Waals surface area (Å²) in [5.41, 5.74) is 1.43. The molecule has 0 bridgehead atoms. The second kappa shape index (κ2) is 6.19. The molecular weight excluding hydrogens is 444 g/mol. The largest absolute Gasteiger partial charge is 0.298 e. The van der Waals surface area contributed by atoms with Gasteiger partial charge in [-0.1, -0.05) is 39.7 Å². The average Bonchev–Trinajstić information content (AvgIpc) is 2.39. The maximum Gasteiger partial charge on any atom is 0.271 e. The van der Waals surface area contributed by atoms with Gasteiger partial charge in [-0.2, -0.15) is 0 Å². The molecule has 0 N–H and O–H groups in total. The molecule has 1 aromatic carbocycles. The highest BCUT2D eigenvalue weighted by molar-refractivity contribution is 14.1. The van der Waals surface area contributed by atoms with Crippen LogP contribution in [0.15, 0.2) is 39.6 Å². The van der Waals surface area contributed by atoms with E-state index in [-0.39, 0.29) is 16.1 Å². The summed E-state index contributed by atoms with van der Waals surface area (Å²) in [4.78, 5) is 22.7. The zero-order valence-electron chi connectivity index (χ0n) is 9.57. The Morgan fingerprint density at radius 2 is 1.95 bits per heavy atom. The zero-order chi connectivity index (χ0) is 14.0. The first-order valence-electron chi connectivity index (χ1n) is 5.33. The van der Waals surface area contributed by atoms with Crippen molar-refractivity contribution in [3.8, 4) is 0 Å². The van der Waals surface area contributed by atoms with Crippen LogP contribution >= 0.6 is 50.4 Å². The van der Waals surface area contributed by atoms with Gasteiger partial charge in [0.2, 0.25) is 0 Å². The van der Waals surface area contributed by atoms with Crippen molar-refractivity contribution in [2.75, 3.05) is 0 Å². The molecule has 0 aliphatic rings. The van der Waals surface area contributed by atoms with Crippen molar-refractivity contribution in [1.29, 1.82) is 0 Å². The smallest absolute Gasteiger partial charge is 0.271 e. The molecule has 2 aromatic rings. The number of aromatic nitrogens is 1. The Bertz CT molecular complexity index is 682. The van der Waals surface area contributed by atoms with E-state index in [0.717, 1.165) is 15.7 Å². The van der Waals surface area contributed by atoms with Crippen LogP contribution in [0.4, 0.5) is 0 Å². The minimum Gasteiger partial charge on any atom is -0.298 e. The van der Waals surface area contributed by atoms with Crippen LogP contribution in [0.1, 0.15) is 21.6 Å². The molecule has 0 radical (unpaired) electrons. The lowest BCUT2D eigenvalue weighted by Crippen LogP contribution is -2.20. The van der Waals surface area contributed by atoms with E-state index in [2.05, 4.69) is 15.9 Å². The summed E-state index contributed by atoms with van der Waals surface area (Å²) < 4.78 is 2.42. The lowest BCUT2D eigenvalue weighted by molar-refractivity contribution is 0.112. The van der Waals surface area contributed by atoms with Gasteiger partial charge in [0.1, 0.15) is 0 Å². The number of hydrogen-bond donors (Lipinski definition) is 0. The summed E-state index contributed by atoms with van der Waals surface area (Å²) in [7, 11) is 0. The summed E-state index contributed by atoms with van der Waals surface area (Å²) in [6.07, 6.45) is 1.06. The molecule has 0 aliphatic heterocycles.